The second-order valence-electron chi connectivity index (χ2n) is 3.82. The van der Waals surface area contributed by atoms with Crippen LogP contribution in [-0.2, 0) is 0 Å². The quantitative estimate of drug-likeness (QED) is 0.800. The summed E-state index contributed by atoms with van der Waals surface area (Å²) >= 11 is 5.71. The van der Waals surface area contributed by atoms with Gasteiger partial charge in [-0.2, -0.15) is 0 Å². The molecule has 0 saturated carbocycles. The number of hydrogen-bond donors (Lipinski definition) is 1. The van der Waals surface area contributed by atoms with E-state index >= 15 is 0 Å². The maximum absolute atomic E-state index is 12.9. The third kappa shape index (κ3) is 2.41. The Morgan fingerprint density at radius 2 is 2.00 bits per heavy atom. The number of hydrogen-bond acceptors (Lipinski definition) is 2. The van der Waals surface area contributed by atoms with Gasteiger partial charge >= 0.3 is 0 Å². The molecule has 0 amide bonds. The van der Waals surface area contributed by atoms with Gasteiger partial charge in [-0.15, -0.1) is 0 Å². The Labute approximate surface area is 93.3 Å². The molecule has 1 aliphatic rings. The van der Waals surface area contributed by atoms with Crippen molar-refractivity contribution >= 4 is 17.3 Å². The Bertz CT molecular complexity index is 350. The monoisotopic (exact) mass is 229 g/mol. The van der Waals surface area contributed by atoms with Crippen molar-refractivity contribution in [3.63, 3.8) is 0 Å². The minimum Gasteiger partial charge on any atom is -0.393 e. The van der Waals surface area contributed by atoms with Crippen molar-refractivity contribution in [1.82, 2.24) is 0 Å². The van der Waals surface area contributed by atoms with Crippen LogP contribution in [0, 0.1) is 5.82 Å². The van der Waals surface area contributed by atoms with Gasteiger partial charge in [0, 0.05) is 18.8 Å². The highest BCUT2D eigenvalue weighted by molar-refractivity contribution is 6.31. The van der Waals surface area contributed by atoms with E-state index in [0.717, 1.165) is 31.6 Å². The number of anilines is 1. The van der Waals surface area contributed by atoms with E-state index in [1.165, 1.54) is 6.07 Å². The second kappa shape index (κ2) is 4.37. The summed E-state index contributed by atoms with van der Waals surface area (Å²) in [7, 11) is 0. The van der Waals surface area contributed by atoms with E-state index in [1.807, 2.05) is 0 Å². The molecule has 1 heterocycles. The van der Waals surface area contributed by atoms with Crippen molar-refractivity contribution in [3.05, 3.63) is 29.0 Å². The molecule has 1 saturated heterocycles. The van der Waals surface area contributed by atoms with Crippen molar-refractivity contribution < 1.29 is 9.50 Å². The van der Waals surface area contributed by atoms with Crippen molar-refractivity contribution in [1.29, 1.82) is 0 Å². The zero-order valence-corrected chi connectivity index (χ0v) is 9.04. The highest BCUT2D eigenvalue weighted by Crippen LogP contribution is 2.25. The van der Waals surface area contributed by atoms with E-state index in [2.05, 4.69) is 4.90 Å². The van der Waals surface area contributed by atoms with Gasteiger partial charge in [-0.05, 0) is 31.0 Å². The summed E-state index contributed by atoms with van der Waals surface area (Å²) in [6, 6.07) is 4.73. The molecule has 1 aromatic rings. The van der Waals surface area contributed by atoms with Gasteiger partial charge in [-0.3, -0.25) is 0 Å². The molecule has 1 fully saturated rings. The Kier molecular flexibility index (Phi) is 3.12. The fourth-order valence-corrected chi connectivity index (χ4v) is 1.98. The first kappa shape index (κ1) is 10.7. The van der Waals surface area contributed by atoms with Crippen LogP contribution < -0.4 is 4.90 Å². The molecule has 2 rings (SSSR count). The number of nitrogens with zero attached hydrogens (tertiary/aromatic N) is 1. The van der Waals surface area contributed by atoms with Crippen molar-refractivity contribution in [2.45, 2.75) is 18.9 Å². The molecule has 0 aromatic heterocycles. The van der Waals surface area contributed by atoms with Crippen LogP contribution in [0.3, 0.4) is 0 Å². The SMILES string of the molecule is OC1CCN(c2ccc(F)c(Cl)c2)CC1. The molecule has 1 aliphatic heterocycles. The predicted molar refractivity (Wildman–Crippen MR) is 58.9 cm³/mol. The number of aliphatic hydroxyl groups is 1. The minimum atomic E-state index is -0.391. The molecular weight excluding hydrogens is 217 g/mol. The number of benzene rings is 1. The molecular formula is C11H13ClFNO. The third-order valence-electron chi connectivity index (χ3n) is 2.73. The van der Waals surface area contributed by atoms with Gasteiger partial charge in [0.1, 0.15) is 5.82 Å². The van der Waals surface area contributed by atoms with Crippen molar-refractivity contribution in [2.24, 2.45) is 0 Å². The van der Waals surface area contributed by atoms with Crippen LogP contribution in [-0.4, -0.2) is 24.3 Å². The topological polar surface area (TPSA) is 23.5 Å². The first-order valence-corrected chi connectivity index (χ1v) is 5.42. The van der Waals surface area contributed by atoms with E-state index in [9.17, 15) is 9.50 Å². The van der Waals surface area contributed by atoms with Crippen LogP contribution in [0.5, 0.6) is 0 Å². The summed E-state index contributed by atoms with van der Waals surface area (Å²) < 4.78 is 12.9. The molecule has 0 bridgehead atoms. The van der Waals surface area contributed by atoms with E-state index < -0.39 is 5.82 Å². The van der Waals surface area contributed by atoms with Gasteiger partial charge in [0.25, 0.3) is 0 Å². The molecule has 0 atom stereocenters. The van der Waals surface area contributed by atoms with Gasteiger partial charge in [0.15, 0.2) is 0 Å². The van der Waals surface area contributed by atoms with Gasteiger partial charge in [0.2, 0.25) is 0 Å². The summed E-state index contributed by atoms with van der Waals surface area (Å²) in [5.41, 5.74) is 0.924. The predicted octanol–water partition coefficient (Wildman–Crippen LogP) is 2.44. The summed E-state index contributed by atoms with van der Waals surface area (Å²) in [6.45, 7) is 1.59. The summed E-state index contributed by atoms with van der Waals surface area (Å²) in [5.74, 6) is -0.391. The molecule has 82 valence electrons. The van der Waals surface area contributed by atoms with E-state index in [-0.39, 0.29) is 11.1 Å². The Hall–Kier alpha value is -0.800. The largest absolute Gasteiger partial charge is 0.393 e. The zero-order chi connectivity index (χ0) is 10.8. The average Bonchev–Trinajstić information content (AvgIpc) is 2.23. The molecule has 0 spiro atoms. The maximum Gasteiger partial charge on any atom is 0.141 e. The minimum absolute atomic E-state index is 0.152. The number of piperidine rings is 1. The molecule has 4 heteroatoms. The van der Waals surface area contributed by atoms with E-state index in [4.69, 9.17) is 11.6 Å². The van der Waals surface area contributed by atoms with Crippen LogP contribution >= 0.6 is 11.6 Å². The highest BCUT2D eigenvalue weighted by Gasteiger charge is 2.17. The average molecular weight is 230 g/mol. The Morgan fingerprint density at radius 1 is 1.33 bits per heavy atom. The van der Waals surface area contributed by atoms with Gasteiger partial charge in [-0.1, -0.05) is 11.6 Å². The summed E-state index contributed by atoms with van der Waals surface area (Å²) in [5, 5.41) is 9.51. The first-order valence-electron chi connectivity index (χ1n) is 5.05. The molecule has 1 aromatic carbocycles. The zero-order valence-electron chi connectivity index (χ0n) is 8.29. The lowest BCUT2D eigenvalue weighted by molar-refractivity contribution is 0.145. The maximum atomic E-state index is 12.9. The first-order chi connectivity index (χ1) is 7.16. The van der Waals surface area contributed by atoms with Crippen LogP contribution in [0.2, 0.25) is 5.02 Å². The van der Waals surface area contributed by atoms with Crippen molar-refractivity contribution in [3.8, 4) is 0 Å². The third-order valence-corrected chi connectivity index (χ3v) is 3.02. The fourth-order valence-electron chi connectivity index (χ4n) is 1.81. The number of halogens is 2. The van der Waals surface area contributed by atoms with Crippen molar-refractivity contribution in [2.75, 3.05) is 18.0 Å². The molecule has 0 unspecified atom stereocenters. The Balaban J connectivity index is 2.12. The smallest absolute Gasteiger partial charge is 0.141 e. The van der Waals surface area contributed by atoms with Crippen LogP contribution in [0.1, 0.15) is 12.8 Å². The normalized spacial score (nSPS) is 18.2. The van der Waals surface area contributed by atoms with Gasteiger partial charge < -0.3 is 10.0 Å². The fraction of sp³-hybridized carbons (Fsp3) is 0.455. The van der Waals surface area contributed by atoms with Gasteiger partial charge in [0.05, 0.1) is 11.1 Å². The van der Waals surface area contributed by atoms with E-state index in [1.54, 1.807) is 12.1 Å². The van der Waals surface area contributed by atoms with Crippen LogP contribution in [0.4, 0.5) is 10.1 Å². The van der Waals surface area contributed by atoms with Crippen LogP contribution in [0.15, 0.2) is 18.2 Å². The second-order valence-corrected chi connectivity index (χ2v) is 4.22. The molecule has 2 nitrogen and oxygen atoms in total. The Morgan fingerprint density at radius 3 is 2.60 bits per heavy atom. The molecule has 15 heavy (non-hydrogen) atoms. The lowest BCUT2D eigenvalue weighted by Gasteiger charge is -2.31. The molecule has 0 radical (unpaired) electrons. The highest BCUT2D eigenvalue weighted by atomic mass is 35.5. The van der Waals surface area contributed by atoms with Crippen LogP contribution in [0.25, 0.3) is 0 Å². The summed E-state index contributed by atoms with van der Waals surface area (Å²) in [6.07, 6.45) is 1.32. The number of aliphatic hydroxyl groups excluding tert-OH is 1. The standard InChI is InChI=1S/C11H13ClFNO/c12-10-7-8(1-2-11(10)13)14-5-3-9(15)4-6-14/h1-2,7,9,15H,3-6H2. The number of rotatable bonds is 1. The lowest BCUT2D eigenvalue weighted by Crippen LogP contribution is -2.35. The summed E-state index contributed by atoms with van der Waals surface area (Å²) in [4.78, 5) is 2.11. The van der Waals surface area contributed by atoms with E-state index in [0.29, 0.717) is 0 Å². The van der Waals surface area contributed by atoms with Gasteiger partial charge in [-0.25, -0.2) is 4.39 Å². The lowest BCUT2D eigenvalue weighted by atomic mass is 10.1. The molecule has 1 N–H and O–H groups in total. The molecule has 0 aliphatic carbocycles.